The number of hydrogen-bond acceptors (Lipinski definition) is 4. The van der Waals surface area contributed by atoms with Gasteiger partial charge in [-0.1, -0.05) is 42.5 Å². The average Bonchev–Trinajstić information content (AvgIpc) is 3.12. The van der Waals surface area contributed by atoms with Gasteiger partial charge in [-0.05, 0) is 74.7 Å². The van der Waals surface area contributed by atoms with E-state index < -0.39 is 5.60 Å². The summed E-state index contributed by atoms with van der Waals surface area (Å²) in [6.45, 7) is 8.35. The van der Waals surface area contributed by atoms with Crippen LogP contribution in [0.4, 0.5) is 0 Å². The van der Waals surface area contributed by atoms with Crippen LogP contribution in [0.3, 0.4) is 0 Å². The maximum Gasteiger partial charge on any atom is 0.339 e. The first kappa shape index (κ1) is 23.3. The van der Waals surface area contributed by atoms with E-state index in [1.807, 2.05) is 63.2 Å². The number of carbonyl (C=O) groups excluding carboxylic acids is 2. The molecule has 0 amide bonds. The number of aryl methyl sites for hydroxylation is 1. The standard InChI is InChI=1S/C29H29NO4/c1-19-16-23-17-22(27(31)33-5)14-15-26(23)30(19)18-20-10-12-21(13-11-20)24-8-6-7-9-25(24)28(32)34-29(2,3)4/h6-17H,18H2,1-5H3. The molecule has 0 atom stereocenters. The quantitative estimate of drug-likeness (QED) is 0.327. The molecule has 0 fully saturated rings. The van der Waals surface area contributed by atoms with Crippen LogP contribution in [-0.4, -0.2) is 29.2 Å². The van der Waals surface area contributed by atoms with Gasteiger partial charge in [-0.15, -0.1) is 0 Å². The van der Waals surface area contributed by atoms with Crippen LogP contribution < -0.4 is 0 Å². The third-order valence-electron chi connectivity index (χ3n) is 5.68. The molecule has 1 heterocycles. The molecule has 4 rings (SSSR count). The molecule has 5 heteroatoms. The highest BCUT2D eigenvalue weighted by Gasteiger charge is 2.20. The summed E-state index contributed by atoms with van der Waals surface area (Å²) < 4.78 is 12.7. The van der Waals surface area contributed by atoms with Crippen LogP contribution in [0.5, 0.6) is 0 Å². The molecule has 34 heavy (non-hydrogen) atoms. The normalized spacial score (nSPS) is 11.4. The second-order valence-electron chi connectivity index (χ2n) is 9.38. The molecule has 0 saturated heterocycles. The maximum absolute atomic E-state index is 12.7. The molecule has 0 saturated carbocycles. The lowest BCUT2D eigenvalue weighted by atomic mass is 9.98. The van der Waals surface area contributed by atoms with Crippen molar-refractivity contribution in [3.63, 3.8) is 0 Å². The number of esters is 2. The number of carbonyl (C=O) groups is 2. The monoisotopic (exact) mass is 455 g/mol. The molecule has 5 nitrogen and oxygen atoms in total. The Balaban J connectivity index is 1.60. The Morgan fingerprint density at radius 3 is 2.26 bits per heavy atom. The molecule has 4 aromatic rings. The summed E-state index contributed by atoms with van der Waals surface area (Å²) >= 11 is 0. The lowest BCUT2D eigenvalue weighted by Gasteiger charge is -2.20. The Hall–Kier alpha value is -3.86. The maximum atomic E-state index is 12.7. The predicted molar refractivity (Wildman–Crippen MR) is 134 cm³/mol. The Bertz CT molecular complexity index is 1360. The fourth-order valence-corrected chi connectivity index (χ4v) is 4.08. The number of fused-ring (bicyclic) bond motifs is 1. The van der Waals surface area contributed by atoms with Gasteiger partial charge in [-0.3, -0.25) is 0 Å². The van der Waals surface area contributed by atoms with E-state index in [9.17, 15) is 9.59 Å². The van der Waals surface area contributed by atoms with Crippen LogP contribution in [0.25, 0.3) is 22.0 Å². The summed E-state index contributed by atoms with van der Waals surface area (Å²) in [5.41, 5.74) is 5.66. The number of hydrogen-bond donors (Lipinski definition) is 0. The second kappa shape index (κ2) is 9.18. The van der Waals surface area contributed by atoms with Crippen LogP contribution in [0.1, 0.15) is 52.7 Å². The van der Waals surface area contributed by atoms with Crippen LogP contribution >= 0.6 is 0 Å². The van der Waals surface area contributed by atoms with Crippen LogP contribution in [0.15, 0.2) is 72.8 Å². The van der Waals surface area contributed by atoms with E-state index in [4.69, 9.17) is 9.47 Å². The third kappa shape index (κ3) is 4.88. The molecule has 0 aliphatic rings. The van der Waals surface area contributed by atoms with Gasteiger partial charge in [0.2, 0.25) is 0 Å². The summed E-state index contributed by atoms with van der Waals surface area (Å²) in [5, 5.41) is 1.00. The van der Waals surface area contributed by atoms with Crippen molar-refractivity contribution in [3.05, 3.63) is 95.2 Å². The highest BCUT2D eigenvalue weighted by molar-refractivity contribution is 5.97. The van der Waals surface area contributed by atoms with Gasteiger partial charge in [0.25, 0.3) is 0 Å². The molecular weight excluding hydrogens is 426 g/mol. The molecule has 3 aromatic carbocycles. The summed E-state index contributed by atoms with van der Waals surface area (Å²) in [7, 11) is 1.39. The van der Waals surface area contributed by atoms with Gasteiger partial charge in [0, 0.05) is 23.1 Å². The van der Waals surface area contributed by atoms with Gasteiger partial charge in [0.15, 0.2) is 0 Å². The number of aromatic nitrogens is 1. The fraction of sp³-hybridized carbons (Fsp3) is 0.241. The fourth-order valence-electron chi connectivity index (χ4n) is 4.08. The van der Waals surface area contributed by atoms with Crippen molar-refractivity contribution in [2.45, 2.75) is 39.8 Å². The van der Waals surface area contributed by atoms with E-state index in [-0.39, 0.29) is 11.9 Å². The van der Waals surface area contributed by atoms with Gasteiger partial charge in [-0.2, -0.15) is 0 Å². The minimum absolute atomic E-state index is 0.326. The SMILES string of the molecule is COC(=O)c1ccc2c(c1)cc(C)n2Cc1ccc(-c2ccccc2C(=O)OC(C)(C)C)cc1. The number of benzene rings is 3. The minimum atomic E-state index is -0.553. The topological polar surface area (TPSA) is 57.5 Å². The Labute approximate surface area is 199 Å². The zero-order valence-electron chi connectivity index (χ0n) is 20.2. The molecular formula is C29H29NO4. The highest BCUT2D eigenvalue weighted by atomic mass is 16.6. The van der Waals surface area contributed by atoms with E-state index in [1.54, 1.807) is 12.1 Å². The molecule has 0 bridgehead atoms. The predicted octanol–water partition coefficient (Wildman–Crippen LogP) is 6.41. The Morgan fingerprint density at radius 2 is 1.59 bits per heavy atom. The molecule has 0 spiro atoms. The zero-order chi connectivity index (χ0) is 24.5. The van der Waals surface area contributed by atoms with Crippen molar-refractivity contribution in [3.8, 4) is 11.1 Å². The first-order valence-corrected chi connectivity index (χ1v) is 11.3. The largest absolute Gasteiger partial charge is 0.465 e. The van der Waals surface area contributed by atoms with E-state index in [2.05, 4.69) is 29.7 Å². The molecule has 0 unspecified atom stereocenters. The van der Waals surface area contributed by atoms with Crippen molar-refractivity contribution >= 4 is 22.8 Å². The molecule has 0 radical (unpaired) electrons. The number of ether oxygens (including phenoxy) is 2. The lowest BCUT2D eigenvalue weighted by molar-refractivity contribution is 0.00702. The average molecular weight is 456 g/mol. The first-order chi connectivity index (χ1) is 16.2. The van der Waals surface area contributed by atoms with Gasteiger partial charge in [-0.25, -0.2) is 9.59 Å². The molecule has 1 aromatic heterocycles. The number of rotatable bonds is 5. The molecule has 0 aliphatic heterocycles. The van der Waals surface area contributed by atoms with E-state index in [0.717, 1.165) is 33.3 Å². The van der Waals surface area contributed by atoms with E-state index in [0.29, 0.717) is 17.7 Å². The van der Waals surface area contributed by atoms with Gasteiger partial charge < -0.3 is 14.0 Å². The first-order valence-electron chi connectivity index (χ1n) is 11.3. The summed E-state index contributed by atoms with van der Waals surface area (Å²) in [6, 6.07) is 23.4. The minimum Gasteiger partial charge on any atom is -0.465 e. The second-order valence-corrected chi connectivity index (χ2v) is 9.38. The van der Waals surface area contributed by atoms with Crippen molar-refractivity contribution in [1.29, 1.82) is 0 Å². The van der Waals surface area contributed by atoms with Gasteiger partial charge in [0.05, 0.1) is 18.2 Å². The van der Waals surface area contributed by atoms with Crippen molar-refractivity contribution in [2.75, 3.05) is 7.11 Å². The van der Waals surface area contributed by atoms with Gasteiger partial charge in [0.1, 0.15) is 5.60 Å². The smallest absolute Gasteiger partial charge is 0.339 e. The third-order valence-corrected chi connectivity index (χ3v) is 5.68. The van der Waals surface area contributed by atoms with Crippen LogP contribution in [0.2, 0.25) is 0 Å². The van der Waals surface area contributed by atoms with Crippen molar-refractivity contribution in [2.24, 2.45) is 0 Å². The lowest BCUT2D eigenvalue weighted by Crippen LogP contribution is -2.24. The Morgan fingerprint density at radius 1 is 0.882 bits per heavy atom. The summed E-state index contributed by atoms with van der Waals surface area (Å²) in [5.74, 6) is -0.664. The van der Waals surface area contributed by atoms with Crippen LogP contribution in [0, 0.1) is 6.92 Å². The molecule has 0 aliphatic carbocycles. The number of nitrogens with zero attached hydrogens (tertiary/aromatic N) is 1. The van der Waals surface area contributed by atoms with Crippen molar-refractivity contribution < 1.29 is 19.1 Å². The summed E-state index contributed by atoms with van der Waals surface area (Å²) in [6.07, 6.45) is 0. The van der Waals surface area contributed by atoms with E-state index >= 15 is 0 Å². The van der Waals surface area contributed by atoms with Gasteiger partial charge >= 0.3 is 11.9 Å². The molecule has 174 valence electrons. The highest BCUT2D eigenvalue weighted by Crippen LogP contribution is 2.27. The Kier molecular flexibility index (Phi) is 6.29. The van der Waals surface area contributed by atoms with E-state index in [1.165, 1.54) is 7.11 Å². The van der Waals surface area contributed by atoms with Crippen molar-refractivity contribution in [1.82, 2.24) is 4.57 Å². The zero-order valence-corrected chi connectivity index (χ0v) is 20.2. The molecule has 0 N–H and O–H groups in total. The number of methoxy groups -OCH3 is 1. The summed E-state index contributed by atoms with van der Waals surface area (Å²) in [4.78, 5) is 24.6. The van der Waals surface area contributed by atoms with Crippen LogP contribution in [-0.2, 0) is 16.0 Å².